The van der Waals surface area contributed by atoms with Crippen molar-refractivity contribution in [3.05, 3.63) is 99.0 Å². The second kappa shape index (κ2) is 11.4. The molecular weight excluding hydrogens is 503 g/mol. The van der Waals surface area contributed by atoms with Gasteiger partial charge in [-0.15, -0.1) is 0 Å². The van der Waals surface area contributed by atoms with Crippen molar-refractivity contribution in [1.82, 2.24) is 10.6 Å². The van der Waals surface area contributed by atoms with Crippen LogP contribution >= 0.6 is 23.2 Å². The average Bonchev–Trinajstić information content (AvgIpc) is 2.88. The Labute approximate surface area is 219 Å². The van der Waals surface area contributed by atoms with Gasteiger partial charge in [0.25, 0.3) is 0 Å². The third-order valence-corrected chi connectivity index (χ3v) is 6.04. The summed E-state index contributed by atoms with van der Waals surface area (Å²) < 4.78 is 16.8. The van der Waals surface area contributed by atoms with Gasteiger partial charge in [0, 0.05) is 5.02 Å². The fourth-order valence-electron chi connectivity index (χ4n) is 3.86. The molecular formula is C27H24Cl2N2O5. The van der Waals surface area contributed by atoms with Gasteiger partial charge in [0.2, 0.25) is 0 Å². The summed E-state index contributed by atoms with van der Waals surface area (Å²) in [5.74, 6) is 0.124. The molecule has 0 spiro atoms. The van der Waals surface area contributed by atoms with E-state index in [1.165, 1.54) is 7.11 Å². The minimum atomic E-state index is -0.843. The zero-order valence-electron chi connectivity index (χ0n) is 19.6. The van der Waals surface area contributed by atoms with Gasteiger partial charge in [-0.05, 0) is 47.9 Å². The summed E-state index contributed by atoms with van der Waals surface area (Å²) in [6.07, 6.45) is 0. The number of amides is 2. The highest BCUT2D eigenvalue weighted by atomic mass is 35.5. The van der Waals surface area contributed by atoms with Crippen LogP contribution in [-0.4, -0.2) is 25.7 Å². The number of esters is 1. The molecule has 3 aromatic carbocycles. The van der Waals surface area contributed by atoms with Crippen LogP contribution in [0, 0.1) is 0 Å². The maximum atomic E-state index is 13.1. The fraction of sp³-hybridized carbons (Fsp3) is 0.185. The molecule has 186 valence electrons. The minimum absolute atomic E-state index is 0.173. The summed E-state index contributed by atoms with van der Waals surface area (Å²) in [4.78, 5) is 25.7. The summed E-state index contributed by atoms with van der Waals surface area (Å²) in [5, 5.41) is 6.44. The molecule has 3 aromatic rings. The average molecular weight is 527 g/mol. The van der Waals surface area contributed by atoms with E-state index in [1.54, 1.807) is 43.3 Å². The molecule has 2 N–H and O–H groups in total. The van der Waals surface area contributed by atoms with E-state index in [0.29, 0.717) is 33.3 Å². The van der Waals surface area contributed by atoms with Crippen LogP contribution < -0.4 is 20.1 Å². The summed E-state index contributed by atoms with van der Waals surface area (Å²) in [6.45, 7) is 2.13. The first-order valence-corrected chi connectivity index (χ1v) is 12.0. The van der Waals surface area contributed by atoms with E-state index in [-0.39, 0.29) is 23.8 Å². The molecule has 0 unspecified atom stereocenters. The number of ether oxygens (including phenoxy) is 3. The van der Waals surface area contributed by atoms with Crippen molar-refractivity contribution in [3.8, 4) is 11.5 Å². The van der Waals surface area contributed by atoms with E-state index in [2.05, 4.69) is 10.6 Å². The van der Waals surface area contributed by atoms with Crippen LogP contribution in [0.5, 0.6) is 11.5 Å². The van der Waals surface area contributed by atoms with Gasteiger partial charge in [0.15, 0.2) is 11.5 Å². The number of methoxy groups -OCH3 is 1. The third-order valence-electron chi connectivity index (χ3n) is 5.51. The van der Waals surface area contributed by atoms with Crippen LogP contribution in [0.1, 0.15) is 29.7 Å². The third kappa shape index (κ3) is 5.58. The number of rotatable bonds is 8. The van der Waals surface area contributed by atoms with Crippen LogP contribution in [-0.2, 0) is 16.1 Å². The predicted octanol–water partition coefficient (Wildman–Crippen LogP) is 5.91. The van der Waals surface area contributed by atoms with Gasteiger partial charge in [-0.3, -0.25) is 0 Å². The van der Waals surface area contributed by atoms with Gasteiger partial charge in [-0.1, -0.05) is 65.7 Å². The zero-order valence-corrected chi connectivity index (χ0v) is 21.2. The van der Waals surface area contributed by atoms with Gasteiger partial charge < -0.3 is 24.8 Å². The van der Waals surface area contributed by atoms with Gasteiger partial charge in [0.05, 0.1) is 36.1 Å². The van der Waals surface area contributed by atoms with Gasteiger partial charge in [-0.2, -0.15) is 0 Å². The van der Waals surface area contributed by atoms with Gasteiger partial charge >= 0.3 is 12.0 Å². The Kier molecular flexibility index (Phi) is 8.03. The molecule has 1 aliphatic heterocycles. The first-order valence-electron chi connectivity index (χ1n) is 11.2. The number of carbonyl (C=O) groups excluding carboxylic acids is 2. The lowest BCUT2D eigenvalue weighted by atomic mass is 9.92. The van der Waals surface area contributed by atoms with Crippen LogP contribution in [0.2, 0.25) is 10.0 Å². The highest BCUT2D eigenvalue weighted by Gasteiger charge is 2.35. The van der Waals surface area contributed by atoms with Crippen molar-refractivity contribution in [2.45, 2.75) is 19.6 Å². The molecule has 0 aliphatic carbocycles. The van der Waals surface area contributed by atoms with Crippen molar-refractivity contribution < 1.29 is 23.8 Å². The summed E-state index contributed by atoms with van der Waals surface area (Å²) in [5.41, 5.74) is 2.70. The smallest absolute Gasteiger partial charge is 0.338 e. The number of hydrogen-bond acceptors (Lipinski definition) is 5. The summed E-state index contributed by atoms with van der Waals surface area (Å²) in [6, 6.07) is 18.4. The number of benzene rings is 3. The van der Waals surface area contributed by atoms with Crippen molar-refractivity contribution in [2.24, 2.45) is 0 Å². The maximum absolute atomic E-state index is 13.1. The fourth-order valence-corrected chi connectivity index (χ4v) is 4.26. The molecule has 9 heteroatoms. The normalized spacial score (nSPS) is 15.1. The van der Waals surface area contributed by atoms with E-state index in [4.69, 9.17) is 37.4 Å². The van der Waals surface area contributed by atoms with Crippen LogP contribution in [0.15, 0.2) is 72.3 Å². The molecule has 0 fully saturated rings. The predicted molar refractivity (Wildman–Crippen MR) is 138 cm³/mol. The minimum Gasteiger partial charge on any atom is -0.493 e. The number of carbonyl (C=O) groups is 2. The molecule has 0 radical (unpaired) electrons. The standard InChI is InChI=1S/C27H24Cl2N2O5/c1-3-35-26(32)22-23(17-7-5-4-6-8-17)30-27(33)31-24(22)18-13-20(29)25(21(14-18)34-2)36-15-16-9-11-19(28)12-10-16/h4-14,24H,3,15H2,1-2H3,(H2,30,31,33)/t24-/m0/s1. The van der Waals surface area contributed by atoms with E-state index in [9.17, 15) is 9.59 Å². The van der Waals surface area contributed by atoms with Crippen LogP contribution in [0.25, 0.3) is 5.70 Å². The molecule has 4 rings (SSSR count). The van der Waals surface area contributed by atoms with Crippen molar-refractivity contribution in [1.29, 1.82) is 0 Å². The largest absolute Gasteiger partial charge is 0.493 e. The van der Waals surface area contributed by atoms with Gasteiger partial charge in [-0.25, -0.2) is 9.59 Å². The second-order valence-corrected chi connectivity index (χ2v) is 8.70. The lowest BCUT2D eigenvalue weighted by Crippen LogP contribution is -2.45. The van der Waals surface area contributed by atoms with Crippen LogP contribution in [0.3, 0.4) is 0 Å². The number of nitrogens with one attached hydrogen (secondary N) is 2. The van der Waals surface area contributed by atoms with Crippen LogP contribution in [0.4, 0.5) is 4.79 Å². The Bertz CT molecular complexity index is 1290. The van der Waals surface area contributed by atoms with Gasteiger partial charge in [0.1, 0.15) is 6.61 Å². The Balaban J connectivity index is 1.75. The molecule has 0 aromatic heterocycles. The van der Waals surface area contributed by atoms with Crippen molar-refractivity contribution >= 4 is 40.9 Å². The molecule has 0 bridgehead atoms. The van der Waals surface area contributed by atoms with E-state index < -0.39 is 18.0 Å². The molecule has 0 saturated carbocycles. The SMILES string of the molecule is CCOC(=O)C1=C(c2ccccc2)NC(=O)N[C@H]1c1cc(Cl)c(OCc2ccc(Cl)cc2)c(OC)c1. The monoisotopic (exact) mass is 526 g/mol. The first kappa shape index (κ1) is 25.4. The zero-order chi connectivity index (χ0) is 25.7. The lowest BCUT2D eigenvalue weighted by Gasteiger charge is -2.30. The lowest BCUT2D eigenvalue weighted by molar-refractivity contribution is -0.138. The molecule has 0 saturated heterocycles. The number of hydrogen-bond donors (Lipinski definition) is 2. The molecule has 1 heterocycles. The van der Waals surface area contributed by atoms with E-state index >= 15 is 0 Å². The van der Waals surface area contributed by atoms with E-state index in [0.717, 1.165) is 5.56 Å². The molecule has 1 atom stereocenters. The second-order valence-electron chi connectivity index (χ2n) is 7.86. The van der Waals surface area contributed by atoms with Crippen molar-refractivity contribution in [2.75, 3.05) is 13.7 Å². The molecule has 36 heavy (non-hydrogen) atoms. The summed E-state index contributed by atoms with van der Waals surface area (Å²) >= 11 is 12.6. The van der Waals surface area contributed by atoms with E-state index in [1.807, 2.05) is 30.3 Å². The topological polar surface area (TPSA) is 85.9 Å². The quantitative estimate of drug-likeness (QED) is 0.356. The number of urea groups is 1. The highest BCUT2D eigenvalue weighted by molar-refractivity contribution is 6.32. The first-order chi connectivity index (χ1) is 17.4. The Morgan fingerprint density at radius 2 is 1.75 bits per heavy atom. The maximum Gasteiger partial charge on any atom is 0.338 e. The Hall–Kier alpha value is -3.68. The molecule has 7 nitrogen and oxygen atoms in total. The highest BCUT2D eigenvalue weighted by Crippen LogP contribution is 2.41. The number of halogens is 2. The van der Waals surface area contributed by atoms with Crippen molar-refractivity contribution in [3.63, 3.8) is 0 Å². The Morgan fingerprint density at radius 1 is 1.03 bits per heavy atom. The molecule has 1 aliphatic rings. The Morgan fingerprint density at radius 3 is 2.42 bits per heavy atom. The summed E-state index contributed by atoms with van der Waals surface area (Å²) in [7, 11) is 1.49. The molecule has 2 amide bonds.